The van der Waals surface area contributed by atoms with Crippen molar-refractivity contribution in [2.75, 3.05) is 20.2 Å². The van der Waals surface area contributed by atoms with Gasteiger partial charge in [-0.1, -0.05) is 19.4 Å². The zero-order chi connectivity index (χ0) is 14.8. The minimum absolute atomic E-state index is 0. The molecule has 4 nitrogen and oxygen atoms in total. The van der Waals surface area contributed by atoms with Crippen molar-refractivity contribution in [3.63, 3.8) is 0 Å². The van der Waals surface area contributed by atoms with Crippen LogP contribution in [0.1, 0.15) is 32.3 Å². The molecule has 0 saturated carbocycles. The molecule has 2 N–H and O–H groups in total. The van der Waals surface area contributed by atoms with Gasteiger partial charge in [-0.3, -0.25) is 4.99 Å². The van der Waals surface area contributed by atoms with E-state index >= 15 is 0 Å². The maximum Gasteiger partial charge on any atom is 0.191 e. The van der Waals surface area contributed by atoms with Crippen LogP contribution in [0.15, 0.2) is 23.2 Å². The summed E-state index contributed by atoms with van der Waals surface area (Å²) < 4.78 is 18.9. The van der Waals surface area contributed by atoms with E-state index in [2.05, 4.69) is 22.5 Å². The summed E-state index contributed by atoms with van der Waals surface area (Å²) in [6, 6.07) is 4.99. The first-order valence-electron chi connectivity index (χ1n) is 7.07. The largest absolute Gasteiger partial charge is 0.491 e. The van der Waals surface area contributed by atoms with Crippen LogP contribution in [0.2, 0.25) is 0 Å². The third-order valence-electron chi connectivity index (χ3n) is 2.80. The quantitative estimate of drug-likeness (QED) is 0.315. The molecule has 6 heteroatoms. The number of benzene rings is 1. The third kappa shape index (κ3) is 7.50. The minimum atomic E-state index is -0.333. The van der Waals surface area contributed by atoms with Crippen LogP contribution in [0.4, 0.5) is 4.39 Å². The molecule has 0 aliphatic rings. The van der Waals surface area contributed by atoms with Gasteiger partial charge in [0.1, 0.15) is 0 Å². The fraction of sp³-hybridized carbons (Fsp3) is 0.533. The van der Waals surface area contributed by atoms with Gasteiger partial charge in [0.15, 0.2) is 17.5 Å². The SMILES string of the molecule is CCCCNC(=NC)NCc1ccc(OCC)c(F)c1.I. The molecule has 0 bridgehead atoms. The molecule has 1 aromatic carbocycles. The van der Waals surface area contributed by atoms with Crippen LogP contribution < -0.4 is 15.4 Å². The Morgan fingerprint density at radius 2 is 2.05 bits per heavy atom. The van der Waals surface area contributed by atoms with Crippen molar-refractivity contribution in [3.8, 4) is 5.75 Å². The number of guanidine groups is 1. The zero-order valence-electron chi connectivity index (χ0n) is 12.9. The summed E-state index contributed by atoms with van der Waals surface area (Å²) >= 11 is 0. The van der Waals surface area contributed by atoms with E-state index in [-0.39, 0.29) is 29.8 Å². The highest BCUT2D eigenvalue weighted by atomic mass is 127. The van der Waals surface area contributed by atoms with Gasteiger partial charge >= 0.3 is 0 Å². The lowest BCUT2D eigenvalue weighted by atomic mass is 10.2. The standard InChI is InChI=1S/C15H24FN3O.HI/c1-4-6-9-18-15(17-3)19-11-12-7-8-14(20-5-2)13(16)10-12;/h7-8,10H,4-6,9,11H2,1-3H3,(H2,17,18,19);1H. The summed E-state index contributed by atoms with van der Waals surface area (Å²) in [5.74, 6) is 0.689. The van der Waals surface area contributed by atoms with Gasteiger partial charge in [-0.05, 0) is 31.0 Å². The molecule has 0 aliphatic heterocycles. The average molecular weight is 409 g/mol. The predicted molar refractivity (Wildman–Crippen MR) is 96.1 cm³/mol. The van der Waals surface area contributed by atoms with Crippen LogP contribution in [0, 0.1) is 5.82 Å². The highest BCUT2D eigenvalue weighted by Gasteiger charge is 2.04. The van der Waals surface area contributed by atoms with Gasteiger partial charge in [-0.2, -0.15) is 0 Å². The van der Waals surface area contributed by atoms with Crippen LogP contribution in [0.5, 0.6) is 5.75 Å². The molecule has 0 heterocycles. The number of halogens is 2. The van der Waals surface area contributed by atoms with E-state index in [1.165, 1.54) is 6.07 Å². The van der Waals surface area contributed by atoms with Crippen LogP contribution in [0.25, 0.3) is 0 Å². The average Bonchev–Trinajstić information content (AvgIpc) is 2.45. The molecule has 21 heavy (non-hydrogen) atoms. The fourth-order valence-corrected chi connectivity index (χ4v) is 1.72. The lowest BCUT2D eigenvalue weighted by molar-refractivity contribution is 0.321. The van der Waals surface area contributed by atoms with Crippen molar-refractivity contribution >= 4 is 29.9 Å². The van der Waals surface area contributed by atoms with Crippen LogP contribution in [0.3, 0.4) is 0 Å². The van der Waals surface area contributed by atoms with Gasteiger partial charge in [0.05, 0.1) is 6.61 Å². The highest BCUT2D eigenvalue weighted by Crippen LogP contribution is 2.18. The summed E-state index contributed by atoms with van der Waals surface area (Å²) in [6.07, 6.45) is 2.23. The number of unbranched alkanes of at least 4 members (excludes halogenated alkanes) is 1. The van der Waals surface area contributed by atoms with E-state index in [0.717, 1.165) is 30.9 Å². The fourth-order valence-electron chi connectivity index (χ4n) is 1.72. The first-order chi connectivity index (χ1) is 9.71. The summed E-state index contributed by atoms with van der Waals surface area (Å²) in [7, 11) is 1.72. The Kier molecular flexibility index (Phi) is 11.0. The number of nitrogens with one attached hydrogen (secondary N) is 2. The molecule has 0 aliphatic carbocycles. The Morgan fingerprint density at radius 1 is 1.29 bits per heavy atom. The number of hydrogen-bond donors (Lipinski definition) is 2. The molecule has 0 fully saturated rings. The number of nitrogens with zero attached hydrogens (tertiary/aromatic N) is 1. The molecular formula is C15H25FIN3O. The smallest absolute Gasteiger partial charge is 0.191 e. The van der Waals surface area contributed by atoms with Gasteiger partial charge < -0.3 is 15.4 Å². The Bertz CT molecular complexity index is 441. The number of hydrogen-bond acceptors (Lipinski definition) is 2. The van der Waals surface area contributed by atoms with Crippen molar-refractivity contribution in [3.05, 3.63) is 29.6 Å². The van der Waals surface area contributed by atoms with Gasteiger partial charge in [0.2, 0.25) is 0 Å². The molecule has 1 rings (SSSR count). The molecule has 0 saturated heterocycles. The molecule has 0 radical (unpaired) electrons. The second kappa shape index (κ2) is 11.6. The van der Waals surface area contributed by atoms with E-state index in [4.69, 9.17) is 4.74 Å². The summed E-state index contributed by atoms with van der Waals surface area (Å²) in [5.41, 5.74) is 0.851. The Labute approximate surface area is 143 Å². The maximum absolute atomic E-state index is 13.7. The second-order valence-electron chi connectivity index (χ2n) is 4.40. The molecule has 1 aromatic rings. The predicted octanol–water partition coefficient (Wildman–Crippen LogP) is 3.31. The molecule has 0 atom stereocenters. The molecule has 120 valence electrons. The number of rotatable bonds is 7. The normalized spacial score (nSPS) is 10.8. The van der Waals surface area contributed by atoms with E-state index in [1.807, 2.05) is 13.0 Å². The first kappa shape index (κ1) is 19.9. The van der Waals surface area contributed by atoms with E-state index in [9.17, 15) is 4.39 Å². The van der Waals surface area contributed by atoms with Gasteiger partial charge in [0.25, 0.3) is 0 Å². The first-order valence-corrected chi connectivity index (χ1v) is 7.07. The van der Waals surface area contributed by atoms with Gasteiger partial charge in [0, 0.05) is 20.1 Å². The second-order valence-corrected chi connectivity index (χ2v) is 4.40. The lowest BCUT2D eigenvalue weighted by Crippen LogP contribution is -2.37. The van der Waals surface area contributed by atoms with E-state index in [0.29, 0.717) is 18.9 Å². The monoisotopic (exact) mass is 409 g/mol. The molecular weight excluding hydrogens is 384 g/mol. The zero-order valence-corrected chi connectivity index (χ0v) is 15.2. The Morgan fingerprint density at radius 3 is 2.62 bits per heavy atom. The summed E-state index contributed by atoms with van der Waals surface area (Å²) in [5, 5.41) is 6.36. The molecule has 0 unspecified atom stereocenters. The lowest BCUT2D eigenvalue weighted by Gasteiger charge is -2.12. The third-order valence-corrected chi connectivity index (χ3v) is 2.80. The van der Waals surface area contributed by atoms with Crippen molar-refractivity contribution < 1.29 is 9.13 Å². The van der Waals surface area contributed by atoms with Crippen LogP contribution >= 0.6 is 24.0 Å². The molecule has 0 amide bonds. The van der Waals surface area contributed by atoms with Crippen molar-refractivity contribution in [1.29, 1.82) is 0 Å². The molecule has 0 aromatic heterocycles. The molecule has 0 spiro atoms. The highest BCUT2D eigenvalue weighted by molar-refractivity contribution is 14.0. The maximum atomic E-state index is 13.7. The van der Waals surface area contributed by atoms with E-state index < -0.39 is 0 Å². The van der Waals surface area contributed by atoms with Crippen LogP contribution in [-0.2, 0) is 6.54 Å². The van der Waals surface area contributed by atoms with Crippen molar-refractivity contribution in [1.82, 2.24) is 10.6 Å². The number of ether oxygens (including phenoxy) is 1. The van der Waals surface area contributed by atoms with Crippen LogP contribution in [-0.4, -0.2) is 26.2 Å². The van der Waals surface area contributed by atoms with Crippen molar-refractivity contribution in [2.45, 2.75) is 33.2 Å². The van der Waals surface area contributed by atoms with Gasteiger partial charge in [-0.25, -0.2) is 4.39 Å². The van der Waals surface area contributed by atoms with Gasteiger partial charge in [-0.15, -0.1) is 24.0 Å². The minimum Gasteiger partial charge on any atom is -0.491 e. The van der Waals surface area contributed by atoms with Crippen molar-refractivity contribution in [2.24, 2.45) is 4.99 Å². The summed E-state index contributed by atoms with van der Waals surface area (Å²) in [4.78, 5) is 4.12. The Hall–Kier alpha value is -1.05. The Balaban J connectivity index is 0.00000400. The topological polar surface area (TPSA) is 45.7 Å². The van der Waals surface area contributed by atoms with E-state index in [1.54, 1.807) is 13.1 Å². The number of aliphatic imine (C=N–C) groups is 1. The summed E-state index contributed by atoms with van der Waals surface area (Å²) in [6.45, 7) is 5.84.